The zero-order valence-corrected chi connectivity index (χ0v) is 12.3. The van der Waals surface area contributed by atoms with Crippen LogP contribution in [0.15, 0.2) is 27.5 Å². The normalized spacial score (nSPS) is 15.1. The maximum Gasteiger partial charge on any atom is 0.285 e. The molecule has 1 aromatic carbocycles. The van der Waals surface area contributed by atoms with Gasteiger partial charge in [0.2, 0.25) is 0 Å². The summed E-state index contributed by atoms with van der Waals surface area (Å²) in [5.41, 5.74) is 1.44. The Bertz CT molecular complexity index is 673. The van der Waals surface area contributed by atoms with Crippen LogP contribution in [-0.2, 0) is 0 Å². The molecule has 1 fully saturated rings. The van der Waals surface area contributed by atoms with Gasteiger partial charge in [-0.15, -0.1) is 0 Å². The fourth-order valence-electron chi connectivity index (χ4n) is 1.91. The minimum absolute atomic E-state index is 0.124. The van der Waals surface area contributed by atoms with Crippen LogP contribution in [0.2, 0.25) is 10.0 Å². The molecule has 1 heterocycles. The first-order chi connectivity index (χ1) is 8.58. The van der Waals surface area contributed by atoms with Crippen LogP contribution in [0.25, 0.3) is 5.69 Å². The van der Waals surface area contributed by atoms with Crippen LogP contribution in [0.5, 0.6) is 0 Å². The van der Waals surface area contributed by atoms with Gasteiger partial charge in [0.05, 0.1) is 16.4 Å². The molecule has 0 radical (unpaired) electrons. The van der Waals surface area contributed by atoms with Crippen LogP contribution < -0.4 is 5.56 Å². The molecule has 0 amide bonds. The van der Waals surface area contributed by atoms with Crippen molar-refractivity contribution in [3.05, 3.63) is 48.8 Å². The Labute approximate surface area is 122 Å². The van der Waals surface area contributed by atoms with Crippen molar-refractivity contribution in [3.8, 4) is 5.69 Å². The van der Waals surface area contributed by atoms with Gasteiger partial charge in [-0.2, -0.15) is 0 Å². The Balaban J connectivity index is 2.17. The van der Waals surface area contributed by atoms with E-state index >= 15 is 0 Å². The second kappa shape index (κ2) is 4.44. The number of benzene rings is 1. The molecule has 1 aliphatic rings. The number of nitrogens with zero attached hydrogens (tertiary/aromatic N) is 1. The average Bonchev–Trinajstić information content (AvgIpc) is 3.11. The number of nitrogens with one attached hydrogen (secondary N) is 1. The van der Waals surface area contributed by atoms with Gasteiger partial charge in [-0.3, -0.25) is 9.89 Å². The second-order valence-electron chi connectivity index (χ2n) is 4.35. The molecular formula is C12H9BrCl2N2O. The van der Waals surface area contributed by atoms with E-state index in [9.17, 15) is 4.79 Å². The third-order valence-electron chi connectivity index (χ3n) is 3.00. The standard InChI is InChI=1S/C12H9BrCl2N2O/c13-10-11(6-1-2-6)16-17(12(10)18)9-4-3-7(14)5-8(9)15/h3-6,16H,1-2H2. The van der Waals surface area contributed by atoms with Crippen molar-refractivity contribution >= 4 is 39.1 Å². The second-order valence-corrected chi connectivity index (χ2v) is 5.99. The van der Waals surface area contributed by atoms with Crippen molar-refractivity contribution in [1.82, 2.24) is 9.78 Å². The lowest BCUT2D eigenvalue weighted by atomic mass is 10.3. The molecule has 0 spiro atoms. The molecular weight excluding hydrogens is 339 g/mol. The Morgan fingerprint density at radius 1 is 1.33 bits per heavy atom. The smallest absolute Gasteiger partial charge is 0.285 e. The van der Waals surface area contributed by atoms with Gasteiger partial charge in [-0.1, -0.05) is 23.2 Å². The van der Waals surface area contributed by atoms with Crippen molar-refractivity contribution in [2.24, 2.45) is 0 Å². The SMILES string of the molecule is O=c1c(Br)c(C2CC2)[nH]n1-c1ccc(Cl)cc1Cl. The van der Waals surface area contributed by atoms with Crippen molar-refractivity contribution in [2.75, 3.05) is 0 Å². The van der Waals surface area contributed by atoms with E-state index < -0.39 is 0 Å². The number of hydrogen-bond acceptors (Lipinski definition) is 1. The summed E-state index contributed by atoms with van der Waals surface area (Å²) in [6, 6.07) is 5.06. The van der Waals surface area contributed by atoms with Gasteiger partial charge in [-0.25, -0.2) is 4.68 Å². The number of H-pyrrole nitrogens is 1. The minimum Gasteiger partial charge on any atom is -0.294 e. The first-order valence-electron chi connectivity index (χ1n) is 5.54. The highest BCUT2D eigenvalue weighted by Gasteiger charge is 2.29. The van der Waals surface area contributed by atoms with Gasteiger partial charge in [0.15, 0.2) is 0 Å². The third-order valence-corrected chi connectivity index (χ3v) is 4.30. The zero-order valence-electron chi connectivity index (χ0n) is 9.21. The largest absolute Gasteiger partial charge is 0.294 e. The van der Waals surface area contributed by atoms with E-state index in [2.05, 4.69) is 21.0 Å². The maximum atomic E-state index is 12.2. The highest BCUT2D eigenvalue weighted by Crippen LogP contribution is 2.41. The van der Waals surface area contributed by atoms with E-state index in [1.165, 1.54) is 4.68 Å². The molecule has 0 aliphatic heterocycles. The van der Waals surface area contributed by atoms with Crippen LogP contribution in [0.3, 0.4) is 0 Å². The Kier molecular flexibility index (Phi) is 3.04. The summed E-state index contributed by atoms with van der Waals surface area (Å²) < 4.78 is 2.05. The van der Waals surface area contributed by atoms with Crippen LogP contribution in [-0.4, -0.2) is 9.78 Å². The molecule has 18 heavy (non-hydrogen) atoms. The summed E-state index contributed by atoms with van der Waals surface area (Å²) in [5.74, 6) is 0.458. The molecule has 1 saturated carbocycles. The van der Waals surface area contributed by atoms with Crippen molar-refractivity contribution in [2.45, 2.75) is 18.8 Å². The number of aromatic amines is 1. The number of hydrogen-bond donors (Lipinski definition) is 1. The third kappa shape index (κ3) is 2.02. The van der Waals surface area contributed by atoms with Crippen LogP contribution in [0.4, 0.5) is 0 Å². The summed E-state index contributed by atoms with van der Waals surface area (Å²) in [4.78, 5) is 12.2. The quantitative estimate of drug-likeness (QED) is 0.872. The summed E-state index contributed by atoms with van der Waals surface area (Å²) in [6.45, 7) is 0. The molecule has 6 heteroatoms. The van der Waals surface area contributed by atoms with E-state index in [4.69, 9.17) is 23.2 Å². The fraction of sp³-hybridized carbons (Fsp3) is 0.250. The zero-order chi connectivity index (χ0) is 12.9. The van der Waals surface area contributed by atoms with Crippen LogP contribution in [0.1, 0.15) is 24.5 Å². The minimum atomic E-state index is -0.124. The Morgan fingerprint density at radius 2 is 2.06 bits per heavy atom. The van der Waals surface area contributed by atoms with E-state index in [1.54, 1.807) is 18.2 Å². The van der Waals surface area contributed by atoms with Gasteiger partial charge in [-0.05, 0) is 47.0 Å². The summed E-state index contributed by atoms with van der Waals surface area (Å²) in [6.07, 6.45) is 2.24. The van der Waals surface area contributed by atoms with E-state index in [0.717, 1.165) is 18.5 Å². The van der Waals surface area contributed by atoms with Crippen molar-refractivity contribution in [1.29, 1.82) is 0 Å². The number of aromatic nitrogens is 2. The molecule has 1 N–H and O–H groups in total. The molecule has 1 aliphatic carbocycles. The molecule has 0 unspecified atom stereocenters. The fourth-order valence-corrected chi connectivity index (χ4v) is 2.99. The summed E-state index contributed by atoms with van der Waals surface area (Å²) >= 11 is 15.3. The van der Waals surface area contributed by atoms with Gasteiger partial charge in [0.1, 0.15) is 4.47 Å². The molecule has 94 valence electrons. The number of halogens is 3. The van der Waals surface area contributed by atoms with Gasteiger partial charge >= 0.3 is 0 Å². The van der Waals surface area contributed by atoms with Crippen LogP contribution >= 0.6 is 39.1 Å². The van der Waals surface area contributed by atoms with Gasteiger partial charge in [0, 0.05) is 10.9 Å². The molecule has 3 nitrogen and oxygen atoms in total. The van der Waals surface area contributed by atoms with E-state index in [0.29, 0.717) is 26.1 Å². The Hall–Kier alpha value is -0.710. The topological polar surface area (TPSA) is 37.8 Å². The predicted octanol–water partition coefficient (Wildman–Crippen LogP) is 4.11. The molecule has 0 atom stereocenters. The monoisotopic (exact) mass is 346 g/mol. The molecule has 1 aromatic heterocycles. The lowest BCUT2D eigenvalue weighted by molar-refractivity contribution is 0.816. The molecule has 0 bridgehead atoms. The maximum absolute atomic E-state index is 12.2. The lowest BCUT2D eigenvalue weighted by Gasteiger charge is -2.04. The van der Waals surface area contributed by atoms with Gasteiger partial charge < -0.3 is 0 Å². The first-order valence-corrected chi connectivity index (χ1v) is 7.08. The van der Waals surface area contributed by atoms with E-state index in [-0.39, 0.29) is 5.56 Å². The summed E-state index contributed by atoms with van der Waals surface area (Å²) in [7, 11) is 0. The highest BCUT2D eigenvalue weighted by molar-refractivity contribution is 9.10. The molecule has 0 saturated heterocycles. The molecule has 3 rings (SSSR count). The Morgan fingerprint density at radius 3 is 2.67 bits per heavy atom. The van der Waals surface area contributed by atoms with Gasteiger partial charge in [0.25, 0.3) is 5.56 Å². The first kappa shape index (κ1) is 12.3. The highest BCUT2D eigenvalue weighted by atomic mass is 79.9. The van der Waals surface area contributed by atoms with Crippen molar-refractivity contribution in [3.63, 3.8) is 0 Å². The van der Waals surface area contributed by atoms with Crippen molar-refractivity contribution < 1.29 is 0 Å². The predicted molar refractivity (Wildman–Crippen MR) is 76.1 cm³/mol. The van der Waals surface area contributed by atoms with Crippen LogP contribution in [0, 0.1) is 0 Å². The average molecular weight is 348 g/mol. The van der Waals surface area contributed by atoms with E-state index in [1.807, 2.05) is 0 Å². The number of rotatable bonds is 2. The molecule has 2 aromatic rings. The lowest BCUT2D eigenvalue weighted by Crippen LogP contribution is -2.15. The summed E-state index contributed by atoms with van der Waals surface area (Å²) in [5, 5.41) is 4.11.